The summed E-state index contributed by atoms with van der Waals surface area (Å²) < 4.78 is 11.9. The first kappa shape index (κ1) is 11.6. The van der Waals surface area contributed by atoms with E-state index in [1.165, 1.54) is 0 Å². The van der Waals surface area contributed by atoms with Crippen LogP contribution in [-0.2, 0) is 11.8 Å². The molecule has 0 atom stereocenters. The van der Waals surface area contributed by atoms with Crippen LogP contribution in [0.5, 0.6) is 5.75 Å². The highest BCUT2D eigenvalue weighted by atomic mass is 16.7. The second-order valence-corrected chi connectivity index (χ2v) is 3.72. The molecular formula is C12H15N3O2. The van der Waals surface area contributed by atoms with Crippen LogP contribution in [0.4, 0.5) is 0 Å². The average Bonchev–Trinajstić information content (AvgIpc) is 2.68. The predicted octanol–water partition coefficient (Wildman–Crippen LogP) is 1.77. The third-order valence-corrected chi connectivity index (χ3v) is 2.58. The monoisotopic (exact) mass is 233 g/mol. The van der Waals surface area contributed by atoms with E-state index in [0.717, 1.165) is 22.7 Å². The average molecular weight is 233 g/mol. The number of aryl methyl sites for hydroxylation is 1. The largest absolute Gasteiger partial charge is 0.468 e. The van der Waals surface area contributed by atoms with Gasteiger partial charge in [0.25, 0.3) is 0 Å². The number of nitrogens with zero attached hydrogens (tertiary/aromatic N) is 3. The lowest BCUT2D eigenvalue weighted by atomic mass is 10.1. The number of hydrogen-bond acceptors (Lipinski definition) is 4. The second-order valence-electron chi connectivity index (χ2n) is 3.72. The zero-order chi connectivity index (χ0) is 12.3. The van der Waals surface area contributed by atoms with E-state index < -0.39 is 0 Å². The SMILES string of the molecule is COCOc1ccc(-c2nnn(C)c2C)cc1. The van der Waals surface area contributed by atoms with Crippen LogP contribution >= 0.6 is 0 Å². The maximum Gasteiger partial charge on any atom is 0.188 e. The van der Waals surface area contributed by atoms with Crippen LogP contribution < -0.4 is 4.74 Å². The minimum Gasteiger partial charge on any atom is -0.468 e. The van der Waals surface area contributed by atoms with Crippen molar-refractivity contribution in [3.63, 3.8) is 0 Å². The molecule has 90 valence electrons. The van der Waals surface area contributed by atoms with Gasteiger partial charge in [0.1, 0.15) is 11.4 Å². The van der Waals surface area contributed by atoms with Crippen LogP contribution in [0.1, 0.15) is 5.69 Å². The summed E-state index contributed by atoms with van der Waals surface area (Å²) in [7, 11) is 3.47. The van der Waals surface area contributed by atoms with Gasteiger partial charge < -0.3 is 9.47 Å². The molecule has 0 aliphatic carbocycles. The standard InChI is InChI=1S/C12H15N3O2/c1-9-12(13-14-15(9)2)10-4-6-11(7-5-10)17-8-16-3/h4-7H,8H2,1-3H3. The van der Waals surface area contributed by atoms with Gasteiger partial charge in [0.05, 0.1) is 5.69 Å². The van der Waals surface area contributed by atoms with Gasteiger partial charge in [-0.2, -0.15) is 0 Å². The molecule has 17 heavy (non-hydrogen) atoms. The van der Waals surface area contributed by atoms with Crippen molar-refractivity contribution in [3.8, 4) is 17.0 Å². The van der Waals surface area contributed by atoms with E-state index in [2.05, 4.69) is 10.3 Å². The minimum absolute atomic E-state index is 0.253. The number of hydrogen-bond donors (Lipinski definition) is 0. The minimum atomic E-state index is 0.253. The van der Waals surface area contributed by atoms with Crippen molar-refractivity contribution in [3.05, 3.63) is 30.0 Å². The molecule has 0 aliphatic heterocycles. The summed E-state index contributed by atoms with van der Waals surface area (Å²) in [6, 6.07) is 7.70. The van der Waals surface area contributed by atoms with Crippen molar-refractivity contribution >= 4 is 0 Å². The fourth-order valence-corrected chi connectivity index (χ4v) is 1.51. The lowest BCUT2D eigenvalue weighted by molar-refractivity contribution is 0.0511. The quantitative estimate of drug-likeness (QED) is 0.755. The van der Waals surface area contributed by atoms with Gasteiger partial charge in [-0.3, -0.25) is 4.68 Å². The molecule has 0 bridgehead atoms. The number of methoxy groups -OCH3 is 1. The Labute approximate surface area is 100.0 Å². The molecule has 0 saturated heterocycles. The van der Waals surface area contributed by atoms with Crippen molar-refractivity contribution in [2.24, 2.45) is 7.05 Å². The Bertz CT molecular complexity index is 491. The molecule has 0 saturated carbocycles. The number of benzene rings is 1. The molecule has 0 spiro atoms. The highest BCUT2D eigenvalue weighted by Gasteiger charge is 2.08. The molecule has 2 rings (SSSR count). The first-order chi connectivity index (χ1) is 8.22. The van der Waals surface area contributed by atoms with E-state index in [-0.39, 0.29) is 6.79 Å². The Hall–Kier alpha value is -1.88. The van der Waals surface area contributed by atoms with E-state index in [0.29, 0.717) is 0 Å². The highest BCUT2D eigenvalue weighted by molar-refractivity contribution is 5.61. The second kappa shape index (κ2) is 4.97. The molecule has 1 heterocycles. The summed E-state index contributed by atoms with van der Waals surface area (Å²) in [5.74, 6) is 0.775. The van der Waals surface area contributed by atoms with Crippen LogP contribution in [0.2, 0.25) is 0 Å². The van der Waals surface area contributed by atoms with E-state index in [1.54, 1.807) is 11.8 Å². The Morgan fingerprint density at radius 1 is 1.24 bits per heavy atom. The van der Waals surface area contributed by atoms with Crippen molar-refractivity contribution < 1.29 is 9.47 Å². The zero-order valence-corrected chi connectivity index (χ0v) is 10.2. The van der Waals surface area contributed by atoms with Gasteiger partial charge >= 0.3 is 0 Å². The van der Waals surface area contributed by atoms with E-state index >= 15 is 0 Å². The Morgan fingerprint density at radius 2 is 1.94 bits per heavy atom. The van der Waals surface area contributed by atoms with Crippen molar-refractivity contribution in [1.29, 1.82) is 0 Å². The van der Waals surface area contributed by atoms with Gasteiger partial charge in [-0.05, 0) is 31.2 Å². The summed E-state index contributed by atoms with van der Waals surface area (Å²) >= 11 is 0. The van der Waals surface area contributed by atoms with Crippen LogP contribution in [0.3, 0.4) is 0 Å². The first-order valence-corrected chi connectivity index (χ1v) is 5.31. The van der Waals surface area contributed by atoms with Gasteiger partial charge in [-0.25, -0.2) is 0 Å². The van der Waals surface area contributed by atoms with Gasteiger partial charge in [-0.1, -0.05) is 5.21 Å². The third kappa shape index (κ3) is 2.45. The molecule has 0 N–H and O–H groups in total. The van der Waals surface area contributed by atoms with Gasteiger partial charge in [0.15, 0.2) is 6.79 Å². The molecule has 2 aromatic rings. The first-order valence-electron chi connectivity index (χ1n) is 5.31. The number of ether oxygens (including phenoxy) is 2. The lowest BCUT2D eigenvalue weighted by Gasteiger charge is -2.05. The van der Waals surface area contributed by atoms with Crippen molar-refractivity contribution in [2.45, 2.75) is 6.92 Å². The molecular weight excluding hydrogens is 218 g/mol. The molecule has 0 radical (unpaired) electrons. The molecule has 5 heteroatoms. The predicted molar refractivity (Wildman–Crippen MR) is 63.7 cm³/mol. The van der Waals surface area contributed by atoms with Gasteiger partial charge in [0, 0.05) is 19.7 Å². The summed E-state index contributed by atoms with van der Waals surface area (Å²) in [6.07, 6.45) is 0. The van der Waals surface area contributed by atoms with E-state index in [1.807, 2.05) is 38.2 Å². The molecule has 5 nitrogen and oxygen atoms in total. The highest BCUT2D eigenvalue weighted by Crippen LogP contribution is 2.22. The van der Waals surface area contributed by atoms with Crippen LogP contribution in [0.15, 0.2) is 24.3 Å². The fourth-order valence-electron chi connectivity index (χ4n) is 1.51. The molecule has 0 aliphatic rings. The maximum absolute atomic E-state index is 5.32. The van der Waals surface area contributed by atoms with Gasteiger partial charge in [0.2, 0.25) is 0 Å². The zero-order valence-electron chi connectivity index (χ0n) is 10.2. The molecule has 0 fully saturated rings. The maximum atomic E-state index is 5.32. The fraction of sp³-hybridized carbons (Fsp3) is 0.333. The summed E-state index contributed by atoms with van der Waals surface area (Å²) in [6.45, 7) is 2.24. The van der Waals surface area contributed by atoms with E-state index in [4.69, 9.17) is 9.47 Å². The Balaban J connectivity index is 2.20. The van der Waals surface area contributed by atoms with Crippen LogP contribution in [-0.4, -0.2) is 28.9 Å². The van der Waals surface area contributed by atoms with Gasteiger partial charge in [-0.15, -0.1) is 5.10 Å². The summed E-state index contributed by atoms with van der Waals surface area (Å²) in [4.78, 5) is 0. The molecule has 0 unspecified atom stereocenters. The Morgan fingerprint density at radius 3 is 2.47 bits per heavy atom. The number of aromatic nitrogens is 3. The topological polar surface area (TPSA) is 49.2 Å². The van der Waals surface area contributed by atoms with E-state index in [9.17, 15) is 0 Å². The summed E-state index contributed by atoms with van der Waals surface area (Å²) in [5.41, 5.74) is 2.96. The normalized spacial score (nSPS) is 10.5. The smallest absolute Gasteiger partial charge is 0.188 e. The molecule has 0 amide bonds. The van der Waals surface area contributed by atoms with Crippen LogP contribution in [0.25, 0.3) is 11.3 Å². The lowest BCUT2D eigenvalue weighted by Crippen LogP contribution is -1.98. The van der Waals surface area contributed by atoms with Crippen LogP contribution in [0, 0.1) is 6.92 Å². The number of rotatable bonds is 4. The van der Waals surface area contributed by atoms with Crippen molar-refractivity contribution in [1.82, 2.24) is 15.0 Å². The Kier molecular flexibility index (Phi) is 3.39. The third-order valence-electron chi connectivity index (χ3n) is 2.58. The molecule has 1 aromatic carbocycles. The molecule has 1 aromatic heterocycles. The van der Waals surface area contributed by atoms with Crippen molar-refractivity contribution in [2.75, 3.05) is 13.9 Å². The summed E-state index contributed by atoms with van der Waals surface area (Å²) in [5, 5.41) is 8.10.